The molecule has 26 heavy (non-hydrogen) atoms. The summed E-state index contributed by atoms with van der Waals surface area (Å²) >= 11 is 0. The monoisotopic (exact) mass is 354 g/mol. The van der Waals surface area contributed by atoms with Crippen molar-refractivity contribution >= 4 is 0 Å². The van der Waals surface area contributed by atoms with Crippen LogP contribution in [0.2, 0.25) is 0 Å². The molecule has 5 nitrogen and oxygen atoms in total. The fraction of sp³-hybridized carbons (Fsp3) is 0.381. The van der Waals surface area contributed by atoms with E-state index in [0.29, 0.717) is 17.7 Å². The fourth-order valence-corrected chi connectivity index (χ4v) is 3.77. The van der Waals surface area contributed by atoms with Crippen LogP contribution in [-0.2, 0) is 6.54 Å². The summed E-state index contributed by atoms with van der Waals surface area (Å²) in [5.41, 5.74) is 4.36. The lowest BCUT2D eigenvalue weighted by molar-refractivity contribution is 0.269. The summed E-state index contributed by atoms with van der Waals surface area (Å²) in [6, 6.07) is 3.34. The van der Waals surface area contributed by atoms with Gasteiger partial charge in [0.05, 0.1) is 19.3 Å². The molecule has 1 heterocycles. The summed E-state index contributed by atoms with van der Waals surface area (Å²) in [6.45, 7) is 8.60. The second-order valence-corrected chi connectivity index (χ2v) is 7.17. The highest BCUT2D eigenvalue weighted by Gasteiger charge is 2.30. The van der Waals surface area contributed by atoms with Crippen molar-refractivity contribution in [2.75, 3.05) is 6.61 Å². The summed E-state index contributed by atoms with van der Waals surface area (Å²) in [7, 11) is 0. The topological polar surface area (TPSA) is 78.5 Å². The minimum atomic E-state index is -0.0765. The summed E-state index contributed by atoms with van der Waals surface area (Å²) in [5.74, 6) is 0.287. The normalized spacial score (nSPS) is 20.0. The second kappa shape index (κ2) is 7.38. The molecule has 2 atom stereocenters. The largest absolute Gasteiger partial charge is 0.507 e. The molecule has 1 aliphatic rings. The molecule has 0 spiro atoms. The van der Waals surface area contributed by atoms with Crippen molar-refractivity contribution in [1.82, 2.24) is 9.78 Å². The number of aromatic nitrogens is 2. The van der Waals surface area contributed by atoms with Gasteiger partial charge in [-0.05, 0) is 50.3 Å². The molecule has 0 radical (unpaired) electrons. The van der Waals surface area contributed by atoms with Gasteiger partial charge < -0.3 is 15.3 Å². The van der Waals surface area contributed by atoms with Crippen molar-refractivity contribution in [1.29, 1.82) is 0 Å². The zero-order valence-electron chi connectivity index (χ0n) is 15.3. The van der Waals surface area contributed by atoms with E-state index in [1.807, 2.05) is 6.92 Å². The van der Waals surface area contributed by atoms with Crippen molar-refractivity contribution in [2.45, 2.75) is 39.2 Å². The van der Waals surface area contributed by atoms with E-state index in [9.17, 15) is 10.2 Å². The Kier molecular flexibility index (Phi) is 5.18. The van der Waals surface area contributed by atoms with E-state index in [4.69, 9.17) is 5.11 Å². The number of rotatable bonds is 5. The quantitative estimate of drug-likeness (QED) is 0.710. The standard InChI is InChI=1S/C21H26N2O3/c1-13(2)17-5-4-14(3)8-18(17)21-19(25)9-15(10-20(21)26)16-11-22-23(12-16)6-7-24/h8-12,17-18,24-26H,1,4-7H2,2-3H3/t17-,18+/m0/s1. The molecule has 0 fully saturated rings. The van der Waals surface area contributed by atoms with Crippen molar-refractivity contribution in [3.63, 3.8) is 0 Å². The van der Waals surface area contributed by atoms with Crippen molar-refractivity contribution in [2.24, 2.45) is 5.92 Å². The Morgan fingerprint density at radius 1 is 1.27 bits per heavy atom. The van der Waals surface area contributed by atoms with E-state index in [-0.39, 0.29) is 29.9 Å². The van der Waals surface area contributed by atoms with Crippen LogP contribution in [0.3, 0.4) is 0 Å². The predicted octanol–water partition coefficient (Wildman–Crippen LogP) is 3.97. The summed E-state index contributed by atoms with van der Waals surface area (Å²) in [5, 5.41) is 34.6. The number of aliphatic hydroxyl groups is 1. The number of aliphatic hydroxyl groups excluding tert-OH is 1. The highest BCUT2D eigenvalue weighted by atomic mass is 16.3. The summed E-state index contributed by atoms with van der Waals surface area (Å²) in [4.78, 5) is 0. The fourth-order valence-electron chi connectivity index (χ4n) is 3.77. The highest BCUT2D eigenvalue weighted by Crippen LogP contribution is 2.47. The van der Waals surface area contributed by atoms with Gasteiger partial charge in [0.25, 0.3) is 0 Å². The predicted molar refractivity (Wildman–Crippen MR) is 102 cm³/mol. The maximum absolute atomic E-state index is 10.7. The van der Waals surface area contributed by atoms with Gasteiger partial charge in [0.1, 0.15) is 11.5 Å². The first-order valence-electron chi connectivity index (χ1n) is 8.93. The number of nitrogens with zero attached hydrogens (tertiary/aromatic N) is 2. The van der Waals surface area contributed by atoms with Gasteiger partial charge >= 0.3 is 0 Å². The van der Waals surface area contributed by atoms with Gasteiger partial charge in [0, 0.05) is 23.2 Å². The Morgan fingerprint density at radius 2 is 1.96 bits per heavy atom. The van der Waals surface area contributed by atoms with Crippen molar-refractivity contribution < 1.29 is 15.3 Å². The van der Waals surface area contributed by atoms with E-state index >= 15 is 0 Å². The third-order valence-corrected chi connectivity index (χ3v) is 5.15. The molecule has 0 amide bonds. The molecule has 138 valence electrons. The molecule has 0 aliphatic heterocycles. The Labute approximate surface area is 153 Å². The summed E-state index contributed by atoms with van der Waals surface area (Å²) in [6.07, 6.45) is 7.56. The van der Waals surface area contributed by atoms with E-state index in [1.165, 1.54) is 5.57 Å². The van der Waals surface area contributed by atoms with E-state index in [0.717, 1.165) is 24.0 Å². The molecule has 0 saturated carbocycles. The number of allylic oxidation sites excluding steroid dienone is 3. The molecular weight excluding hydrogens is 328 g/mol. The molecule has 3 rings (SSSR count). The Morgan fingerprint density at radius 3 is 2.58 bits per heavy atom. The van der Waals surface area contributed by atoms with Crippen LogP contribution in [0.1, 0.15) is 38.2 Å². The lowest BCUT2D eigenvalue weighted by Gasteiger charge is -2.31. The van der Waals surface area contributed by atoms with Crippen LogP contribution >= 0.6 is 0 Å². The number of benzene rings is 1. The zero-order valence-corrected chi connectivity index (χ0v) is 15.3. The highest BCUT2D eigenvalue weighted by molar-refractivity contribution is 5.68. The minimum absolute atomic E-state index is 0.00617. The molecule has 3 N–H and O–H groups in total. The Balaban J connectivity index is 2.01. The van der Waals surface area contributed by atoms with Gasteiger partial charge in [-0.3, -0.25) is 4.68 Å². The van der Waals surface area contributed by atoms with E-state index in [1.54, 1.807) is 29.2 Å². The lowest BCUT2D eigenvalue weighted by Crippen LogP contribution is -2.17. The molecule has 1 aromatic carbocycles. The number of phenols is 2. The second-order valence-electron chi connectivity index (χ2n) is 7.17. The molecule has 1 aromatic heterocycles. The first-order valence-corrected chi connectivity index (χ1v) is 8.93. The van der Waals surface area contributed by atoms with Crippen LogP contribution in [0.5, 0.6) is 11.5 Å². The maximum atomic E-state index is 10.7. The minimum Gasteiger partial charge on any atom is -0.507 e. The van der Waals surface area contributed by atoms with Gasteiger partial charge in [-0.2, -0.15) is 5.10 Å². The van der Waals surface area contributed by atoms with Crippen LogP contribution in [0.25, 0.3) is 11.1 Å². The van der Waals surface area contributed by atoms with E-state index < -0.39 is 0 Å². The zero-order chi connectivity index (χ0) is 18.8. The van der Waals surface area contributed by atoms with Gasteiger partial charge in [0.15, 0.2) is 0 Å². The molecule has 5 heteroatoms. The van der Waals surface area contributed by atoms with Crippen molar-refractivity contribution in [3.8, 4) is 22.6 Å². The first kappa shape index (κ1) is 18.3. The lowest BCUT2D eigenvalue weighted by atomic mass is 9.73. The molecule has 1 aliphatic carbocycles. The number of hydrogen-bond donors (Lipinski definition) is 3. The molecule has 2 aromatic rings. The number of hydrogen-bond acceptors (Lipinski definition) is 4. The summed E-state index contributed by atoms with van der Waals surface area (Å²) < 4.78 is 1.63. The maximum Gasteiger partial charge on any atom is 0.123 e. The van der Waals surface area contributed by atoms with Gasteiger partial charge in [0.2, 0.25) is 0 Å². The van der Waals surface area contributed by atoms with Gasteiger partial charge in [-0.15, -0.1) is 0 Å². The molecular formula is C21H26N2O3. The first-order chi connectivity index (χ1) is 12.4. The third-order valence-electron chi connectivity index (χ3n) is 5.15. The number of aromatic hydroxyl groups is 2. The average Bonchev–Trinajstić information content (AvgIpc) is 3.03. The Bertz CT molecular complexity index is 828. The van der Waals surface area contributed by atoms with Crippen LogP contribution in [0, 0.1) is 5.92 Å². The van der Waals surface area contributed by atoms with Crippen LogP contribution in [0.4, 0.5) is 0 Å². The van der Waals surface area contributed by atoms with Gasteiger partial charge in [-0.1, -0.05) is 23.8 Å². The van der Waals surface area contributed by atoms with Crippen LogP contribution < -0.4 is 0 Å². The Hall–Kier alpha value is -2.53. The molecule has 0 bridgehead atoms. The van der Waals surface area contributed by atoms with E-state index in [2.05, 4.69) is 24.7 Å². The third kappa shape index (κ3) is 3.53. The number of phenolic OH excluding ortho intramolecular Hbond substituents is 2. The van der Waals surface area contributed by atoms with Crippen molar-refractivity contribution in [3.05, 3.63) is 53.9 Å². The average molecular weight is 354 g/mol. The van der Waals surface area contributed by atoms with Crippen LogP contribution in [0.15, 0.2) is 48.3 Å². The molecule has 0 unspecified atom stereocenters. The van der Waals surface area contributed by atoms with Gasteiger partial charge in [-0.25, -0.2) is 0 Å². The van der Waals surface area contributed by atoms with Crippen LogP contribution in [-0.4, -0.2) is 31.7 Å². The molecule has 0 saturated heterocycles. The smallest absolute Gasteiger partial charge is 0.123 e. The SMILES string of the molecule is C=C(C)[C@@H]1CCC(C)=C[C@H]1c1c(O)cc(-c2cnn(CCO)c2)cc1O.